The van der Waals surface area contributed by atoms with E-state index in [1.54, 1.807) is 29.2 Å². The SMILES string of the molecule is Cc1cn(C)c([C@@H]2CCCN(C(=O)c3cnn4cccnc34)C2)n1. The van der Waals surface area contributed by atoms with Gasteiger partial charge in [-0.1, -0.05) is 0 Å². The van der Waals surface area contributed by atoms with E-state index in [2.05, 4.69) is 19.6 Å². The van der Waals surface area contributed by atoms with Gasteiger partial charge in [-0.2, -0.15) is 5.10 Å². The normalized spacial score (nSPS) is 18.2. The van der Waals surface area contributed by atoms with Crippen LogP contribution in [-0.4, -0.2) is 48.0 Å². The molecule has 7 heteroatoms. The zero-order valence-corrected chi connectivity index (χ0v) is 13.9. The summed E-state index contributed by atoms with van der Waals surface area (Å²) >= 11 is 0. The highest BCUT2D eigenvalue weighted by Gasteiger charge is 2.29. The molecular weight excluding hydrogens is 304 g/mol. The van der Waals surface area contributed by atoms with Gasteiger partial charge in [0.05, 0.1) is 11.9 Å². The fraction of sp³-hybridized carbons (Fsp3) is 0.412. The summed E-state index contributed by atoms with van der Waals surface area (Å²) in [5.41, 5.74) is 2.19. The molecule has 24 heavy (non-hydrogen) atoms. The average Bonchev–Trinajstić information content (AvgIpc) is 3.17. The van der Waals surface area contributed by atoms with Crippen LogP contribution >= 0.6 is 0 Å². The predicted molar refractivity (Wildman–Crippen MR) is 88.8 cm³/mol. The monoisotopic (exact) mass is 324 g/mol. The quantitative estimate of drug-likeness (QED) is 0.721. The van der Waals surface area contributed by atoms with Crippen LogP contribution in [0.1, 0.15) is 40.6 Å². The van der Waals surface area contributed by atoms with Gasteiger partial charge in [0, 0.05) is 44.6 Å². The smallest absolute Gasteiger partial charge is 0.259 e. The Bertz CT molecular complexity index is 896. The van der Waals surface area contributed by atoms with Crippen molar-refractivity contribution in [3.63, 3.8) is 0 Å². The number of hydrogen-bond acceptors (Lipinski definition) is 4. The molecule has 3 aromatic rings. The molecule has 0 bridgehead atoms. The number of aromatic nitrogens is 5. The Morgan fingerprint density at radius 2 is 2.25 bits per heavy atom. The van der Waals surface area contributed by atoms with Crippen molar-refractivity contribution in [2.45, 2.75) is 25.7 Å². The predicted octanol–water partition coefficient (Wildman–Crippen LogP) is 1.79. The second-order valence-corrected chi connectivity index (χ2v) is 6.39. The second kappa shape index (κ2) is 5.74. The summed E-state index contributed by atoms with van der Waals surface area (Å²) in [7, 11) is 2.02. The van der Waals surface area contributed by atoms with E-state index in [1.165, 1.54) is 0 Å². The lowest BCUT2D eigenvalue weighted by Crippen LogP contribution is -2.39. The summed E-state index contributed by atoms with van der Waals surface area (Å²) in [6, 6.07) is 1.80. The molecule has 0 aliphatic carbocycles. The molecule has 0 aromatic carbocycles. The number of carbonyl (C=O) groups excluding carboxylic acids is 1. The maximum Gasteiger partial charge on any atom is 0.259 e. The van der Waals surface area contributed by atoms with Crippen LogP contribution in [0, 0.1) is 6.92 Å². The zero-order chi connectivity index (χ0) is 16.7. The summed E-state index contributed by atoms with van der Waals surface area (Å²) in [5.74, 6) is 1.33. The number of aryl methyl sites for hydroxylation is 2. The fourth-order valence-electron chi connectivity index (χ4n) is 3.53. The molecule has 1 fully saturated rings. The van der Waals surface area contributed by atoms with Crippen LogP contribution in [0.3, 0.4) is 0 Å². The van der Waals surface area contributed by atoms with Gasteiger partial charge in [0.25, 0.3) is 5.91 Å². The molecule has 0 spiro atoms. The zero-order valence-electron chi connectivity index (χ0n) is 13.9. The minimum Gasteiger partial charge on any atom is -0.338 e. The van der Waals surface area contributed by atoms with Gasteiger partial charge in [-0.15, -0.1) is 0 Å². The Hall–Kier alpha value is -2.70. The van der Waals surface area contributed by atoms with E-state index in [9.17, 15) is 4.79 Å². The molecule has 1 amide bonds. The van der Waals surface area contributed by atoms with Gasteiger partial charge in [-0.25, -0.2) is 14.5 Å². The number of rotatable bonds is 2. The highest BCUT2D eigenvalue weighted by atomic mass is 16.2. The van der Waals surface area contributed by atoms with Crippen molar-refractivity contribution in [3.05, 3.63) is 47.9 Å². The number of carbonyl (C=O) groups is 1. The second-order valence-electron chi connectivity index (χ2n) is 6.39. The molecule has 0 saturated carbocycles. The first kappa shape index (κ1) is 14.9. The molecule has 4 heterocycles. The van der Waals surface area contributed by atoms with Crippen LogP contribution in [0.2, 0.25) is 0 Å². The van der Waals surface area contributed by atoms with Crippen molar-refractivity contribution < 1.29 is 4.79 Å². The average molecular weight is 324 g/mol. The molecular formula is C17H20N6O. The highest BCUT2D eigenvalue weighted by molar-refractivity contribution is 5.99. The summed E-state index contributed by atoms with van der Waals surface area (Å²) in [4.78, 5) is 23.8. The van der Waals surface area contributed by atoms with Crippen LogP contribution in [0.25, 0.3) is 5.65 Å². The van der Waals surface area contributed by atoms with Crippen molar-refractivity contribution in [2.75, 3.05) is 13.1 Å². The minimum atomic E-state index is -0.000619. The molecule has 1 saturated heterocycles. The van der Waals surface area contributed by atoms with Crippen LogP contribution in [0.4, 0.5) is 0 Å². The van der Waals surface area contributed by atoms with E-state index in [0.29, 0.717) is 17.8 Å². The Labute approximate surface area is 139 Å². The molecule has 0 unspecified atom stereocenters. The first-order valence-electron chi connectivity index (χ1n) is 8.21. The van der Waals surface area contributed by atoms with E-state index < -0.39 is 0 Å². The third-order valence-corrected chi connectivity index (χ3v) is 4.62. The first-order chi connectivity index (χ1) is 11.6. The molecule has 124 valence electrons. The molecule has 3 aromatic heterocycles. The number of hydrogen-bond donors (Lipinski definition) is 0. The van der Waals surface area contributed by atoms with Crippen LogP contribution in [-0.2, 0) is 7.05 Å². The van der Waals surface area contributed by atoms with Crippen molar-refractivity contribution in [3.8, 4) is 0 Å². The van der Waals surface area contributed by atoms with E-state index in [4.69, 9.17) is 0 Å². The lowest BCUT2D eigenvalue weighted by Gasteiger charge is -2.32. The molecule has 4 rings (SSSR count). The summed E-state index contributed by atoms with van der Waals surface area (Å²) < 4.78 is 3.71. The van der Waals surface area contributed by atoms with Crippen LogP contribution in [0.5, 0.6) is 0 Å². The number of fused-ring (bicyclic) bond motifs is 1. The van der Waals surface area contributed by atoms with E-state index in [-0.39, 0.29) is 11.8 Å². The maximum atomic E-state index is 12.9. The molecule has 1 aliphatic rings. The Morgan fingerprint density at radius 3 is 3.04 bits per heavy atom. The van der Waals surface area contributed by atoms with Gasteiger partial charge in [-0.05, 0) is 25.8 Å². The number of imidazole rings is 1. The van der Waals surface area contributed by atoms with Gasteiger partial charge < -0.3 is 9.47 Å². The van der Waals surface area contributed by atoms with Crippen molar-refractivity contribution in [1.29, 1.82) is 0 Å². The molecule has 7 nitrogen and oxygen atoms in total. The van der Waals surface area contributed by atoms with Crippen LogP contribution < -0.4 is 0 Å². The molecule has 1 aliphatic heterocycles. The summed E-state index contributed by atoms with van der Waals surface area (Å²) in [6.45, 7) is 3.45. The van der Waals surface area contributed by atoms with Gasteiger partial charge >= 0.3 is 0 Å². The molecule has 0 radical (unpaired) electrons. The number of piperidine rings is 1. The van der Waals surface area contributed by atoms with Crippen LogP contribution in [0.15, 0.2) is 30.9 Å². The summed E-state index contributed by atoms with van der Waals surface area (Å²) in [5, 5.41) is 4.22. The van der Waals surface area contributed by atoms with Crippen molar-refractivity contribution in [1.82, 2.24) is 29.0 Å². The minimum absolute atomic E-state index is 0.000619. The van der Waals surface area contributed by atoms with E-state index >= 15 is 0 Å². The Kier molecular flexibility index (Phi) is 3.55. The lowest BCUT2D eigenvalue weighted by molar-refractivity contribution is 0.0705. The fourth-order valence-corrected chi connectivity index (χ4v) is 3.53. The van der Waals surface area contributed by atoms with Gasteiger partial charge in [-0.3, -0.25) is 4.79 Å². The standard InChI is InChI=1S/C17H20N6O/c1-12-10-21(2)15(20-12)13-5-3-7-22(11-13)17(24)14-9-19-23-8-4-6-18-16(14)23/h4,6,8-10,13H,3,5,7,11H2,1-2H3/t13-/m1/s1. The summed E-state index contributed by atoms with van der Waals surface area (Å²) in [6.07, 6.45) is 9.17. The third-order valence-electron chi connectivity index (χ3n) is 4.62. The number of likely N-dealkylation sites (tertiary alicyclic amines) is 1. The van der Waals surface area contributed by atoms with Crippen molar-refractivity contribution >= 4 is 11.6 Å². The molecule has 1 atom stereocenters. The van der Waals surface area contributed by atoms with Crippen molar-refractivity contribution in [2.24, 2.45) is 7.05 Å². The third kappa shape index (κ3) is 2.46. The van der Waals surface area contributed by atoms with E-state index in [0.717, 1.165) is 30.9 Å². The van der Waals surface area contributed by atoms with E-state index in [1.807, 2.05) is 25.1 Å². The van der Waals surface area contributed by atoms with Gasteiger partial charge in [0.1, 0.15) is 11.4 Å². The Morgan fingerprint density at radius 1 is 1.38 bits per heavy atom. The largest absolute Gasteiger partial charge is 0.338 e. The topological polar surface area (TPSA) is 68.3 Å². The Balaban J connectivity index is 1.60. The molecule has 0 N–H and O–H groups in total. The maximum absolute atomic E-state index is 12.9. The number of amides is 1. The van der Waals surface area contributed by atoms with Gasteiger partial charge in [0.2, 0.25) is 0 Å². The number of nitrogens with zero attached hydrogens (tertiary/aromatic N) is 6. The highest BCUT2D eigenvalue weighted by Crippen LogP contribution is 2.27. The lowest BCUT2D eigenvalue weighted by atomic mass is 9.96. The first-order valence-corrected chi connectivity index (χ1v) is 8.21. The van der Waals surface area contributed by atoms with Gasteiger partial charge in [0.15, 0.2) is 5.65 Å².